The fourth-order valence-electron chi connectivity index (χ4n) is 3.66. The summed E-state index contributed by atoms with van der Waals surface area (Å²) in [7, 11) is 4.13. The first-order valence-electron chi connectivity index (χ1n) is 10.9. The SMILES string of the molecule is Cc1cc(-c2nc3ccc(CN(C)C)cc3[nH]2)nn1Cc1cc(Cl)ccc1OCC(C)C. The Morgan fingerprint density at radius 3 is 2.69 bits per heavy atom. The Labute approximate surface area is 194 Å². The standard InChI is InChI=1S/C25H30ClN5O/c1-16(2)15-32-24-9-7-20(26)12-19(24)14-31-17(3)10-23(29-31)25-27-21-8-6-18(13-30(4)5)11-22(21)28-25/h6-12,16H,13-15H2,1-5H3,(H,27,28). The van der Waals surface area contributed by atoms with Gasteiger partial charge in [-0.05, 0) is 68.9 Å². The zero-order chi connectivity index (χ0) is 22.8. The minimum atomic E-state index is 0.447. The average Bonchev–Trinajstić information content (AvgIpc) is 3.30. The molecule has 0 spiro atoms. The fraction of sp³-hybridized carbons (Fsp3) is 0.360. The van der Waals surface area contributed by atoms with Crippen LogP contribution in [-0.2, 0) is 13.1 Å². The summed E-state index contributed by atoms with van der Waals surface area (Å²) in [4.78, 5) is 10.3. The summed E-state index contributed by atoms with van der Waals surface area (Å²) < 4.78 is 7.98. The maximum atomic E-state index is 6.27. The van der Waals surface area contributed by atoms with Gasteiger partial charge in [-0.1, -0.05) is 31.5 Å². The van der Waals surface area contributed by atoms with Crippen LogP contribution in [0.1, 0.15) is 30.7 Å². The van der Waals surface area contributed by atoms with E-state index in [1.165, 1.54) is 5.56 Å². The average molecular weight is 452 g/mol. The minimum absolute atomic E-state index is 0.447. The zero-order valence-electron chi connectivity index (χ0n) is 19.3. The highest BCUT2D eigenvalue weighted by molar-refractivity contribution is 6.30. The predicted molar refractivity (Wildman–Crippen MR) is 130 cm³/mol. The lowest BCUT2D eigenvalue weighted by Crippen LogP contribution is -2.10. The van der Waals surface area contributed by atoms with Gasteiger partial charge >= 0.3 is 0 Å². The predicted octanol–water partition coefficient (Wildman–Crippen LogP) is 5.53. The van der Waals surface area contributed by atoms with Crippen LogP contribution in [0.3, 0.4) is 0 Å². The Morgan fingerprint density at radius 2 is 1.94 bits per heavy atom. The van der Waals surface area contributed by atoms with Crippen LogP contribution >= 0.6 is 11.6 Å². The molecular formula is C25H30ClN5O. The molecule has 6 nitrogen and oxygen atoms in total. The van der Waals surface area contributed by atoms with Gasteiger partial charge < -0.3 is 14.6 Å². The van der Waals surface area contributed by atoms with E-state index in [9.17, 15) is 0 Å². The maximum Gasteiger partial charge on any atom is 0.159 e. The van der Waals surface area contributed by atoms with E-state index in [1.807, 2.05) is 29.8 Å². The van der Waals surface area contributed by atoms with Crippen LogP contribution in [0.4, 0.5) is 0 Å². The molecule has 0 amide bonds. The highest BCUT2D eigenvalue weighted by Crippen LogP contribution is 2.26. The summed E-state index contributed by atoms with van der Waals surface area (Å²) >= 11 is 6.27. The van der Waals surface area contributed by atoms with Gasteiger partial charge in [-0.3, -0.25) is 4.68 Å². The number of imidazole rings is 1. The normalized spacial score (nSPS) is 11.8. The van der Waals surface area contributed by atoms with Crippen LogP contribution in [0.15, 0.2) is 42.5 Å². The summed E-state index contributed by atoms with van der Waals surface area (Å²) in [6.07, 6.45) is 0. The summed E-state index contributed by atoms with van der Waals surface area (Å²) in [5.41, 5.74) is 6.07. The number of aromatic amines is 1. The number of nitrogens with zero attached hydrogens (tertiary/aromatic N) is 4. The van der Waals surface area contributed by atoms with E-state index >= 15 is 0 Å². The Morgan fingerprint density at radius 1 is 1.12 bits per heavy atom. The molecular weight excluding hydrogens is 422 g/mol. The van der Waals surface area contributed by atoms with Crippen molar-refractivity contribution in [3.8, 4) is 17.3 Å². The van der Waals surface area contributed by atoms with Crippen molar-refractivity contribution in [3.63, 3.8) is 0 Å². The molecule has 0 unspecified atom stereocenters. The van der Waals surface area contributed by atoms with Crippen molar-refractivity contribution in [1.82, 2.24) is 24.6 Å². The van der Waals surface area contributed by atoms with E-state index in [-0.39, 0.29) is 0 Å². The molecule has 0 radical (unpaired) electrons. The molecule has 32 heavy (non-hydrogen) atoms. The lowest BCUT2D eigenvalue weighted by molar-refractivity contribution is 0.268. The first kappa shape index (κ1) is 22.4. The minimum Gasteiger partial charge on any atom is -0.493 e. The van der Waals surface area contributed by atoms with Crippen LogP contribution < -0.4 is 4.74 Å². The van der Waals surface area contributed by atoms with Gasteiger partial charge in [0, 0.05) is 22.8 Å². The molecule has 2 aromatic heterocycles. The number of aromatic nitrogens is 4. The Bertz CT molecular complexity index is 1220. The first-order valence-corrected chi connectivity index (χ1v) is 11.3. The Kier molecular flexibility index (Phi) is 6.53. The number of halogens is 1. The third kappa shape index (κ3) is 5.14. The van der Waals surface area contributed by atoms with E-state index in [0.717, 1.165) is 46.1 Å². The van der Waals surface area contributed by atoms with Gasteiger partial charge in [0.1, 0.15) is 11.4 Å². The number of hydrogen-bond donors (Lipinski definition) is 1. The van der Waals surface area contributed by atoms with E-state index in [4.69, 9.17) is 26.4 Å². The second-order valence-corrected chi connectivity index (χ2v) is 9.40. The smallest absolute Gasteiger partial charge is 0.159 e. The van der Waals surface area contributed by atoms with Gasteiger partial charge in [0.05, 0.1) is 24.2 Å². The lowest BCUT2D eigenvalue weighted by Gasteiger charge is -2.14. The molecule has 0 saturated heterocycles. The lowest BCUT2D eigenvalue weighted by atomic mass is 10.2. The van der Waals surface area contributed by atoms with Crippen LogP contribution in [0.5, 0.6) is 5.75 Å². The molecule has 4 aromatic rings. The van der Waals surface area contributed by atoms with E-state index < -0.39 is 0 Å². The summed E-state index contributed by atoms with van der Waals surface area (Å²) in [5, 5.41) is 5.51. The van der Waals surface area contributed by atoms with Crippen LogP contribution in [0.25, 0.3) is 22.6 Å². The number of benzene rings is 2. The summed E-state index contributed by atoms with van der Waals surface area (Å²) in [6, 6.07) is 14.1. The highest BCUT2D eigenvalue weighted by atomic mass is 35.5. The second-order valence-electron chi connectivity index (χ2n) is 8.96. The molecule has 0 aliphatic rings. The molecule has 0 bridgehead atoms. The van der Waals surface area contributed by atoms with Crippen molar-refractivity contribution < 1.29 is 4.74 Å². The van der Waals surface area contributed by atoms with Crippen molar-refractivity contribution in [2.45, 2.75) is 33.9 Å². The van der Waals surface area contributed by atoms with E-state index in [0.29, 0.717) is 24.1 Å². The van der Waals surface area contributed by atoms with Crippen molar-refractivity contribution in [1.29, 1.82) is 0 Å². The quantitative estimate of drug-likeness (QED) is 0.382. The summed E-state index contributed by atoms with van der Waals surface area (Å²) in [5.74, 6) is 2.06. The third-order valence-corrected chi connectivity index (χ3v) is 5.42. The Balaban J connectivity index is 1.60. The zero-order valence-corrected chi connectivity index (χ0v) is 20.1. The molecule has 0 aliphatic heterocycles. The van der Waals surface area contributed by atoms with Crippen molar-refractivity contribution >= 4 is 22.6 Å². The molecule has 4 rings (SSSR count). The topological polar surface area (TPSA) is 59.0 Å². The van der Waals surface area contributed by atoms with Gasteiger partial charge in [-0.15, -0.1) is 0 Å². The molecule has 2 aromatic carbocycles. The molecule has 7 heteroatoms. The van der Waals surface area contributed by atoms with E-state index in [1.54, 1.807) is 0 Å². The largest absolute Gasteiger partial charge is 0.493 e. The monoisotopic (exact) mass is 451 g/mol. The number of H-pyrrole nitrogens is 1. The van der Waals surface area contributed by atoms with Crippen LogP contribution in [-0.4, -0.2) is 45.4 Å². The number of nitrogens with one attached hydrogen (secondary N) is 1. The van der Waals surface area contributed by atoms with Gasteiger partial charge in [0.2, 0.25) is 0 Å². The second kappa shape index (κ2) is 9.35. The molecule has 0 saturated carbocycles. The number of ether oxygens (including phenoxy) is 1. The molecule has 1 N–H and O–H groups in total. The summed E-state index contributed by atoms with van der Waals surface area (Å²) in [6.45, 7) is 8.44. The number of aryl methyl sites for hydroxylation is 1. The third-order valence-electron chi connectivity index (χ3n) is 5.18. The molecule has 0 atom stereocenters. The van der Waals surface area contributed by atoms with Crippen LogP contribution in [0, 0.1) is 12.8 Å². The molecule has 0 aliphatic carbocycles. The maximum absolute atomic E-state index is 6.27. The van der Waals surface area contributed by atoms with Crippen molar-refractivity contribution in [2.24, 2.45) is 5.92 Å². The van der Waals surface area contributed by atoms with Gasteiger partial charge in [-0.25, -0.2) is 4.98 Å². The van der Waals surface area contributed by atoms with E-state index in [2.05, 4.69) is 62.1 Å². The van der Waals surface area contributed by atoms with Gasteiger partial charge in [0.25, 0.3) is 0 Å². The fourth-order valence-corrected chi connectivity index (χ4v) is 3.85. The van der Waals surface area contributed by atoms with Gasteiger partial charge in [0.15, 0.2) is 5.82 Å². The molecule has 2 heterocycles. The highest BCUT2D eigenvalue weighted by Gasteiger charge is 2.14. The number of rotatable bonds is 8. The molecule has 0 fully saturated rings. The van der Waals surface area contributed by atoms with Crippen molar-refractivity contribution in [3.05, 3.63) is 64.3 Å². The molecule has 168 valence electrons. The Hall–Kier alpha value is -2.83. The van der Waals surface area contributed by atoms with Crippen LogP contribution in [0.2, 0.25) is 5.02 Å². The first-order chi connectivity index (χ1) is 15.3. The number of fused-ring (bicyclic) bond motifs is 1. The van der Waals surface area contributed by atoms with Gasteiger partial charge in [-0.2, -0.15) is 5.10 Å². The van der Waals surface area contributed by atoms with Crippen molar-refractivity contribution in [2.75, 3.05) is 20.7 Å². The number of hydrogen-bond acceptors (Lipinski definition) is 4.